The van der Waals surface area contributed by atoms with Crippen molar-refractivity contribution in [1.29, 1.82) is 0 Å². The Morgan fingerprint density at radius 2 is 2.16 bits per heavy atom. The zero-order valence-electron chi connectivity index (χ0n) is 9.36. The highest BCUT2D eigenvalue weighted by atomic mass is 16.6. The van der Waals surface area contributed by atoms with Gasteiger partial charge in [0.15, 0.2) is 0 Å². The summed E-state index contributed by atoms with van der Waals surface area (Å²) in [6.07, 6.45) is 0.912. The van der Waals surface area contributed by atoms with Crippen molar-refractivity contribution in [3.63, 3.8) is 0 Å². The lowest BCUT2D eigenvalue weighted by Gasteiger charge is -2.04. The van der Waals surface area contributed by atoms with E-state index in [1.165, 1.54) is 24.3 Å². The van der Waals surface area contributed by atoms with Gasteiger partial charge in [-0.25, -0.2) is 14.6 Å². The van der Waals surface area contributed by atoms with Crippen LogP contribution in [-0.2, 0) is 0 Å². The number of aromatic carboxylic acids is 1. The van der Waals surface area contributed by atoms with Gasteiger partial charge in [-0.15, -0.1) is 0 Å². The molecule has 0 bridgehead atoms. The summed E-state index contributed by atoms with van der Waals surface area (Å²) in [6.45, 7) is 0. The largest absolute Gasteiger partial charge is 0.478 e. The van der Waals surface area contributed by atoms with Crippen LogP contribution < -0.4 is 5.69 Å². The Labute approximate surface area is 105 Å². The number of non-ortho nitro benzene ring substituents is 1. The highest BCUT2D eigenvalue weighted by Crippen LogP contribution is 2.23. The van der Waals surface area contributed by atoms with Crippen molar-refractivity contribution in [2.45, 2.75) is 0 Å². The molecule has 0 aliphatic heterocycles. The number of hydrogen-bond donors (Lipinski definition) is 2. The van der Waals surface area contributed by atoms with Crippen molar-refractivity contribution in [3.05, 3.63) is 56.6 Å². The Bertz CT molecular complexity index is 722. The number of nitrogens with zero attached hydrogens (tertiary/aromatic N) is 2. The summed E-state index contributed by atoms with van der Waals surface area (Å²) < 4.78 is 0. The van der Waals surface area contributed by atoms with E-state index in [1.54, 1.807) is 0 Å². The Morgan fingerprint density at radius 1 is 1.42 bits per heavy atom. The van der Waals surface area contributed by atoms with Gasteiger partial charge >= 0.3 is 11.7 Å². The first-order valence-electron chi connectivity index (χ1n) is 5.06. The number of nitro benzene ring substituents is 1. The number of H-pyrrole nitrogens is 1. The molecule has 19 heavy (non-hydrogen) atoms. The maximum absolute atomic E-state index is 11.2. The number of carboxylic acids is 1. The van der Waals surface area contributed by atoms with Crippen LogP contribution in [0.25, 0.3) is 11.3 Å². The molecule has 96 valence electrons. The number of aromatic amines is 1. The van der Waals surface area contributed by atoms with Crippen LogP contribution in [0.2, 0.25) is 0 Å². The Kier molecular flexibility index (Phi) is 3.06. The second-order valence-corrected chi connectivity index (χ2v) is 3.59. The van der Waals surface area contributed by atoms with E-state index >= 15 is 0 Å². The number of nitro groups is 1. The van der Waals surface area contributed by atoms with E-state index in [2.05, 4.69) is 9.97 Å². The lowest BCUT2D eigenvalue weighted by molar-refractivity contribution is -0.384. The van der Waals surface area contributed by atoms with E-state index in [0.29, 0.717) is 0 Å². The van der Waals surface area contributed by atoms with E-state index in [0.717, 1.165) is 6.20 Å². The number of rotatable bonds is 3. The highest BCUT2D eigenvalue weighted by Gasteiger charge is 2.15. The molecule has 8 heteroatoms. The minimum atomic E-state index is -1.29. The summed E-state index contributed by atoms with van der Waals surface area (Å²) >= 11 is 0. The topological polar surface area (TPSA) is 126 Å². The van der Waals surface area contributed by atoms with E-state index < -0.39 is 16.6 Å². The third-order valence-corrected chi connectivity index (χ3v) is 2.39. The van der Waals surface area contributed by atoms with Crippen molar-refractivity contribution in [1.82, 2.24) is 9.97 Å². The van der Waals surface area contributed by atoms with Crippen LogP contribution in [0.5, 0.6) is 0 Å². The molecule has 2 rings (SSSR count). The predicted octanol–water partition coefficient (Wildman–Crippen LogP) is 1.04. The standard InChI is InChI=1S/C11H7N3O5/c15-10(16)8-5-12-11(17)13-9(8)6-2-1-3-7(4-6)14(18)19/h1-5H,(H,15,16)(H,12,13,17). The van der Waals surface area contributed by atoms with Gasteiger partial charge in [0.1, 0.15) is 5.56 Å². The molecular weight excluding hydrogens is 254 g/mol. The van der Waals surface area contributed by atoms with Crippen LogP contribution in [0, 0.1) is 10.1 Å². The van der Waals surface area contributed by atoms with Gasteiger partial charge in [0.25, 0.3) is 5.69 Å². The maximum atomic E-state index is 11.2. The highest BCUT2D eigenvalue weighted by molar-refractivity contribution is 5.94. The van der Waals surface area contributed by atoms with Crippen molar-refractivity contribution in [2.75, 3.05) is 0 Å². The van der Waals surface area contributed by atoms with Gasteiger partial charge in [-0.3, -0.25) is 10.1 Å². The fraction of sp³-hybridized carbons (Fsp3) is 0. The minimum Gasteiger partial charge on any atom is -0.478 e. The number of benzene rings is 1. The van der Waals surface area contributed by atoms with Crippen LogP contribution in [0.15, 0.2) is 35.3 Å². The normalized spacial score (nSPS) is 10.1. The molecule has 0 saturated carbocycles. The first kappa shape index (κ1) is 12.4. The SMILES string of the molecule is O=C(O)c1cnc(=O)[nH]c1-c1cccc([N+](=O)[O-])c1. The van der Waals surface area contributed by atoms with Gasteiger partial charge in [-0.05, 0) is 0 Å². The van der Waals surface area contributed by atoms with Gasteiger partial charge in [0, 0.05) is 23.9 Å². The van der Waals surface area contributed by atoms with Crippen LogP contribution in [0.3, 0.4) is 0 Å². The van der Waals surface area contributed by atoms with Gasteiger partial charge in [0.2, 0.25) is 0 Å². The van der Waals surface area contributed by atoms with Gasteiger partial charge in [0.05, 0.1) is 10.6 Å². The van der Waals surface area contributed by atoms with Crippen molar-refractivity contribution < 1.29 is 14.8 Å². The van der Waals surface area contributed by atoms with Crippen molar-refractivity contribution in [3.8, 4) is 11.3 Å². The molecule has 0 fully saturated rings. The Hall–Kier alpha value is -3.03. The van der Waals surface area contributed by atoms with Gasteiger partial charge in [-0.1, -0.05) is 12.1 Å². The quantitative estimate of drug-likeness (QED) is 0.627. The summed E-state index contributed by atoms with van der Waals surface area (Å²) in [7, 11) is 0. The molecule has 1 aromatic heterocycles. The van der Waals surface area contributed by atoms with Crippen molar-refractivity contribution >= 4 is 11.7 Å². The molecule has 0 unspecified atom stereocenters. The van der Waals surface area contributed by atoms with Gasteiger partial charge < -0.3 is 10.1 Å². The fourth-order valence-electron chi connectivity index (χ4n) is 1.56. The lowest BCUT2D eigenvalue weighted by Crippen LogP contribution is -2.15. The molecule has 1 heterocycles. The molecule has 2 N–H and O–H groups in total. The Balaban J connectivity index is 2.67. The van der Waals surface area contributed by atoms with E-state index in [9.17, 15) is 19.7 Å². The molecule has 1 aromatic carbocycles. The first-order valence-corrected chi connectivity index (χ1v) is 5.06. The number of carbonyl (C=O) groups is 1. The second-order valence-electron chi connectivity index (χ2n) is 3.59. The molecule has 8 nitrogen and oxygen atoms in total. The predicted molar refractivity (Wildman–Crippen MR) is 63.9 cm³/mol. The molecular formula is C11H7N3O5. The van der Waals surface area contributed by atoms with Crippen LogP contribution in [-0.4, -0.2) is 26.0 Å². The minimum absolute atomic E-state index is 0.0174. The summed E-state index contributed by atoms with van der Waals surface area (Å²) in [5.41, 5.74) is -0.958. The fourth-order valence-corrected chi connectivity index (χ4v) is 1.56. The molecule has 0 saturated heterocycles. The average Bonchev–Trinajstić information content (AvgIpc) is 2.38. The Morgan fingerprint density at radius 3 is 2.79 bits per heavy atom. The zero-order valence-corrected chi connectivity index (χ0v) is 9.36. The van der Waals surface area contributed by atoms with E-state index in [-0.39, 0.29) is 22.5 Å². The first-order chi connectivity index (χ1) is 8.99. The second kappa shape index (κ2) is 4.69. The number of hydrogen-bond acceptors (Lipinski definition) is 5. The van der Waals surface area contributed by atoms with Crippen molar-refractivity contribution in [2.24, 2.45) is 0 Å². The number of nitrogens with one attached hydrogen (secondary N) is 1. The average molecular weight is 261 g/mol. The molecule has 2 aromatic rings. The third kappa shape index (κ3) is 2.46. The van der Waals surface area contributed by atoms with Crippen LogP contribution >= 0.6 is 0 Å². The number of carboxylic acid groups (broad SMARTS) is 1. The van der Waals surface area contributed by atoms with Crippen LogP contribution in [0.4, 0.5) is 5.69 Å². The molecule has 0 atom stereocenters. The zero-order chi connectivity index (χ0) is 14.0. The molecule has 0 spiro atoms. The molecule has 0 amide bonds. The van der Waals surface area contributed by atoms with Gasteiger partial charge in [-0.2, -0.15) is 0 Å². The smallest absolute Gasteiger partial charge is 0.345 e. The van der Waals surface area contributed by atoms with E-state index in [4.69, 9.17) is 5.11 Å². The monoisotopic (exact) mass is 261 g/mol. The molecule has 0 aliphatic rings. The maximum Gasteiger partial charge on any atom is 0.345 e. The molecule has 0 aliphatic carbocycles. The summed E-state index contributed by atoms with van der Waals surface area (Å²) in [5, 5.41) is 19.7. The van der Waals surface area contributed by atoms with E-state index in [1.807, 2.05) is 0 Å². The third-order valence-electron chi connectivity index (χ3n) is 2.39. The van der Waals surface area contributed by atoms with Crippen LogP contribution in [0.1, 0.15) is 10.4 Å². The summed E-state index contributed by atoms with van der Waals surface area (Å²) in [4.78, 5) is 37.8. The molecule has 0 radical (unpaired) electrons. The lowest BCUT2D eigenvalue weighted by atomic mass is 10.1. The summed E-state index contributed by atoms with van der Waals surface area (Å²) in [5.74, 6) is -1.29. The number of aromatic nitrogens is 2. The summed E-state index contributed by atoms with van der Waals surface area (Å²) in [6, 6.07) is 5.31.